The topological polar surface area (TPSA) is 29.5 Å². The Hall–Kier alpha value is -0.210. The predicted octanol–water partition coefficient (Wildman–Crippen LogP) is 2.87. The van der Waals surface area contributed by atoms with Gasteiger partial charge >= 0.3 is 0 Å². The summed E-state index contributed by atoms with van der Waals surface area (Å²) in [7, 11) is 0. The molecule has 3 atom stereocenters. The van der Waals surface area contributed by atoms with Crippen LogP contribution in [0, 0.1) is 23.7 Å². The third-order valence-electron chi connectivity index (χ3n) is 3.49. The Labute approximate surface area is 88.7 Å². The normalized spacial score (nSPS) is 17.6. The molecule has 0 aromatic carbocycles. The molecule has 0 aliphatic rings. The van der Waals surface area contributed by atoms with E-state index in [1.807, 2.05) is 0 Å². The van der Waals surface area contributed by atoms with Gasteiger partial charge in [-0.1, -0.05) is 13.8 Å². The Morgan fingerprint density at radius 1 is 1.29 bits per heavy atom. The van der Waals surface area contributed by atoms with Crippen LogP contribution in [-0.2, 0) is 4.74 Å². The monoisotopic (exact) mass is 201 g/mol. The highest BCUT2D eigenvalue weighted by Crippen LogP contribution is 2.29. The Balaban J connectivity index is 3.95. The smallest absolute Gasteiger partial charge is 0.143 e. The van der Waals surface area contributed by atoms with E-state index in [0.717, 1.165) is 6.42 Å². The van der Waals surface area contributed by atoms with E-state index in [-0.39, 0.29) is 6.79 Å². The molecule has 0 aliphatic carbocycles. The van der Waals surface area contributed by atoms with Gasteiger partial charge in [0.05, 0.1) is 31.8 Å². The van der Waals surface area contributed by atoms with Gasteiger partial charge in [0.2, 0.25) is 0 Å². The lowest BCUT2D eigenvalue weighted by Gasteiger charge is -2.23. The van der Waals surface area contributed by atoms with Crippen LogP contribution in [0.15, 0.2) is 0 Å². The van der Waals surface area contributed by atoms with E-state index in [9.17, 15) is 0 Å². The van der Waals surface area contributed by atoms with Crippen molar-refractivity contribution in [3.05, 3.63) is 5.92 Å². The lowest BCUT2D eigenvalue weighted by atomic mass is 9.78. The largest absolute Gasteiger partial charge is 0.371 e. The minimum Gasteiger partial charge on any atom is -0.371 e. The zero-order valence-electron chi connectivity index (χ0n) is 10.2. The van der Waals surface area contributed by atoms with Gasteiger partial charge in [-0.15, -0.1) is 0 Å². The molecule has 0 aliphatic heterocycles. The fourth-order valence-electron chi connectivity index (χ4n) is 1.65. The second kappa shape index (κ2) is 7.13. The van der Waals surface area contributed by atoms with Crippen molar-refractivity contribution in [2.75, 3.05) is 13.4 Å². The molecule has 2 nitrogen and oxygen atoms in total. The molecular weight excluding hydrogens is 176 g/mol. The van der Waals surface area contributed by atoms with Crippen molar-refractivity contribution in [3.8, 4) is 0 Å². The van der Waals surface area contributed by atoms with E-state index < -0.39 is 0 Å². The zero-order valence-corrected chi connectivity index (χ0v) is 10.2. The van der Waals surface area contributed by atoms with Gasteiger partial charge in [0, 0.05) is 5.92 Å². The number of hydrogen-bond donors (Lipinski definition) is 1. The van der Waals surface area contributed by atoms with Crippen LogP contribution in [0.25, 0.3) is 0 Å². The maximum absolute atomic E-state index is 8.56. The van der Waals surface area contributed by atoms with Gasteiger partial charge in [0.25, 0.3) is 0 Å². The standard InChI is InChI=1S/C12H25O2/c1-6-9(2)11(4)12(5)10(3)7-14-8-13/h10-13H,6-8H2,1-5H3/q+1. The number of hydrogen-bond acceptors (Lipinski definition) is 2. The summed E-state index contributed by atoms with van der Waals surface area (Å²) in [5.41, 5.74) is 0. The lowest BCUT2D eigenvalue weighted by Crippen LogP contribution is -2.24. The Bertz CT molecular complexity index is 136. The van der Waals surface area contributed by atoms with E-state index >= 15 is 0 Å². The molecule has 14 heavy (non-hydrogen) atoms. The highest BCUT2D eigenvalue weighted by atomic mass is 16.6. The maximum Gasteiger partial charge on any atom is 0.143 e. The molecule has 3 unspecified atom stereocenters. The first-order valence-corrected chi connectivity index (χ1v) is 5.55. The van der Waals surface area contributed by atoms with Crippen LogP contribution in [0.5, 0.6) is 0 Å². The first-order chi connectivity index (χ1) is 6.54. The lowest BCUT2D eigenvalue weighted by molar-refractivity contribution is -0.0252. The average molecular weight is 201 g/mol. The number of aliphatic hydroxyl groups is 1. The van der Waals surface area contributed by atoms with E-state index in [2.05, 4.69) is 34.6 Å². The van der Waals surface area contributed by atoms with Crippen molar-refractivity contribution in [2.24, 2.45) is 17.8 Å². The summed E-state index contributed by atoms with van der Waals surface area (Å²) in [5.74, 6) is 3.30. The van der Waals surface area contributed by atoms with Crippen molar-refractivity contribution in [1.82, 2.24) is 0 Å². The summed E-state index contributed by atoms with van der Waals surface area (Å²) in [6.07, 6.45) is 1.15. The van der Waals surface area contributed by atoms with E-state index in [4.69, 9.17) is 9.84 Å². The zero-order chi connectivity index (χ0) is 11.1. The summed E-state index contributed by atoms with van der Waals surface area (Å²) in [4.78, 5) is 0. The van der Waals surface area contributed by atoms with Crippen molar-refractivity contribution in [1.29, 1.82) is 0 Å². The highest BCUT2D eigenvalue weighted by Gasteiger charge is 2.30. The summed E-state index contributed by atoms with van der Waals surface area (Å²) in [5, 5.41) is 8.56. The number of ether oxygens (including phenoxy) is 1. The van der Waals surface area contributed by atoms with E-state index in [1.54, 1.807) is 5.92 Å². The van der Waals surface area contributed by atoms with Crippen LogP contribution >= 0.6 is 0 Å². The minimum absolute atomic E-state index is 0.165. The van der Waals surface area contributed by atoms with Gasteiger partial charge < -0.3 is 9.84 Å². The van der Waals surface area contributed by atoms with Crippen LogP contribution in [0.4, 0.5) is 0 Å². The van der Waals surface area contributed by atoms with Crippen LogP contribution < -0.4 is 0 Å². The number of aliphatic hydroxyl groups excluding tert-OH is 1. The summed E-state index contributed by atoms with van der Waals surface area (Å²) >= 11 is 0. The third kappa shape index (κ3) is 4.34. The fraction of sp³-hybridized carbons (Fsp3) is 0.917. The second-order valence-electron chi connectivity index (χ2n) is 4.32. The van der Waals surface area contributed by atoms with Crippen LogP contribution in [0.1, 0.15) is 41.0 Å². The van der Waals surface area contributed by atoms with Crippen molar-refractivity contribution in [3.63, 3.8) is 0 Å². The molecule has 1 N–H and O–H groups in total. The molecule has 0 rings (SSSR count). The van der Waals surface area contributed by atoms with Crippen LogP contribution in [0.3, 0.4) is 0 Å². The van der Waals surface area contributed by atoms with E-state index in [1.165, 1.54) is 0 Å². The molecule has 84 valence electrons. The first-order valence-electron chi connectivity index (χ1n) is 5.55. The van der Waals surface area contributed by atoms with Gasteiger partial charge in [0.1, 0.15) is 6.79 Å². The van der Waals surface area contributed by atoms with Crippen molar-refractivity contribution in [2.45, 2.75) is 41.0 Å². The quantitative estimate of drug-likeness (QED) is 0.507. The molecule has 0 amide bonds. The second-order valence-corrected chi connectivity index (χ2v) is 4.32. The van der Waals surface area contributed by atoms with Gasteiger partial charge in [-0.25, -0.2) is 0 Å². The Kier molecular flexibility index (Phi) is 7.02. The molecule has 2 heteroatoms. The fourth-order valence-corrected chi connectivity index (χ4v) is 1.65. The molecule has 0 spiro atoms. The summed E-state index contributed by atoms with van der Waals surface area (Å²) in [6.45, 7) is 11.6. The van der Waals surface area contributed by atoms with Gasteiger partial charge in [-0.05, 0) is 19.8 Å². The van der Waals surface area contributed by atoms with Gasteiger partial charge in [-0.3, -0.25) is 0 Å². The summed E-state index contributed by atoms with van der Waals surface area (Å²) < 4.78 is 5.03. The first kappa shape index (κ1) is 13.8. The minimum atomic E-state index is -0.165. The molecule has 0 aromatic heterocycles. The molecule has 0 saturated carbocycles. The van der Waals surface area contributed by atoms with Crippen molar-refractivity contribution < 1.29 is 9.84 Å². The average Bonchev–Trinajstić information content (AvgIpc) is 2.22. The predicted molar refractivity (Wildman–Crippen MR) is 59.7 cm³/mol. The molecule has 0 aromatic rings. The van der Waals surface area contributed by atoms with Crippen molar-refractivity contribution >= 4 is 0 Å². The summed E-state index contributed by atoms with van der Waals surface area (Å²) in [6, 6.07) is 0. The molecule has 0 saturated heterocycles. The van der Waals surface area contributed by atoms with Crippen LogP contribution in [-0.4, -0.2) is 18.5 Å². The third-order valence-corrected chi connectivity index (χ3v) is 3.49. The van der Waals surface area contributed by atoms with Crippen LogP contribution in [0.2, 0.25) is 0 Å². The maximum atomic E-state index is 8.56. The SMILES string of the molecule is CC[C+](C)C(C)C(C)C(C)COCO. The highest BCUT2D eigenvalue weighted by molar-refractivity contribution is 4.91. The molecule has 0 heterocycles. The Morgan fingerprint density at radius 3 is 2.29 bits per heavy atom. The number of rotatable bonds is 7. The molecule has 0 fully saturated rings. The van der Waals surface area contributed by atoms with Gasteiger partial charge in [0.15, 0.2) is 0 Å². The van der Waals surface area contributed by atoms with Gasteiger partial charge in [-0.2, -0.15) is 0 Å². The Morgan fingerprint density at radius 2 is 1.86 bits per heavy atom. The molecule has 0 radical (unpaired) electrons. The van der Waals surface area contributed by atoms with E-state index in [0.29, 0.717) is 24.4 Å². The molecular formula is C12H25O2+. The molecule has 0 bridgehead atoms.